The highest BCUT2D eigenvalue weighted by atomic mass is 32.1. The molecule has 2 nitrogen and oxygen atoms in total. The fraction of sp³-hybridized carbons (Fsp3) is 0.125. The molecule has 0 spiro atoms. The lowest BCUT2D eigenvalue weighted by molar-refractivity contribution is 0.215. The van der Waals surface area contributed by atoms with Gasteiger partial charge in [0.05, 0.1) is 7.11 Å². The zero-order valence-electron chi connectivity index (χ0n) is 10.8. The van der Waals surface area contributed by atoms with Crippen LogP contribution in [-0.4, -0.2) is 12.2 Å². The van der Waals surface area contributed by atoms with Crippen molar-refractivity contribution in [1.29, 1.82) is 0 Å². The van der Waals surface area contributed by atoms with E-state index < -0.39 is 11.9 Å². The van der Waals surface area contributed by atoms with Crippen molar-refractivity contribution in [2.24, 2.45) is 0 Å². The minimum absolute atomic E-state index is 0.140. The zero-order valence-corrected chi connectivity index (χ0v) is 11.7. The Morgan fingerprint density at radius 2 is 1.90 bits per heavy atom. The lowest BCUT2D eigenvalue weighted by atomic mass is 10.0. The van der Waals surface area contributed by atoms with Gasteiger partial charge in [-0.1, -0.05) is 30.3 Å². The lowest BCUT2D eigenvalue weighted by Crippen LogP contribution is -2.03. The maximum atomic E-state index is 14.2. The van der Waals surface area contributed by atoms with Crippen molar-refractivity contribution in [2.45, 2.75) is 6.10 Å². The largest absolute Gasteiger partial charge is 0.494 e. The van der Waals surface area contributed by atoms with E-state index in [1.165, 1.54) is 24.5 Å². The molecule has 0 aliphatic heterocycles. The first kappa shape index (κ1) is 13.1. The van der Waals surface area contributed by atoms with E-state index in [9.17, 15) is 9.50 Å². The highest BCUT2D eigenvalue weighted by Gasteiger charge is 2.20. The van der Waals surface area contributed by atoms with Gasteiger partial charge in [0.1, 0.15) is 6.10 Å². The minimum Gasteiger partial charge on any atom is -0.494 e. The van der Waals surface area contributed by atoms with Crippen LogP contribution in [0.4, 0.5) is 4.39 Å². The van der Waals surface area contributed by atoms with Gasteiger partial charge in [0.15, 0.2) is 11.6 Å². The minimum atomic E-state index is -0.999. The molecule has 0 radical (unpaired) electrons. The quantitative estimate of drug-likeness (QED) is 0.785. The number of aliphatic hydroxyl groups is 1. The van der Waals surface area contributed by atoms with E-state index in [-0.39, 0.29) is 11.3 Å². The number of rotatable bonds is 3. The Morgan fingerprint density at radius 1 is 1.10 bits per heavy atom. The maximum absolute atomic E-state index is 14.2. The summed E-state index contributed by atoms with van der Waals surface area (Å²) in [4.78, 5) is 0. The van der Waals surface area contributed by atoms with Gasteiger partial charge in [0.2, 0.25) is 0 Å². The Bertz CT molecular complexity index is 751. The number of aliphatic hydroxyl groups excluding tert-OH is 1. The molecule has 1 N–H and O–H groups in total. The van der Waals surface area contributed by atoms with Gasteiger partial charge in [-0.15, -0.1) is 11.3 Å². The van der Waals surface area contributed by atoms with Gasteiger partial charge in [0.25, 0.3) is 0 Å². The van der Waals surface area contributed by atoms with Crippen molar-refractivity contribution in [2.75, 3.05) is 7.11 Å². The smallest absolute Gasteiger partial charge is 0.171 e. The van der Waals surface area contributed by atoms with Crippen molar-refractivity contribution in [3.05, 3.63) is 64.8 Å². The molecule has 0 saturated carbocycles. The second-order valence-corrected chi connectivity index (χ2v) is 5.36. The number of hydrogen-bond acceptors (Lipinski definition) is 3. The van der Waals surface area contributed by atoms with Crippen LogP contribution in [-0.2, 0) is 0 Å². The Labute approximate surface area is 120 Å². The lowest BCUT2D eigenvalue weighted by Gasteiger charge is -2.13. The van der Waals surface area contributed by atoms with Crippen molar-refractivity contribution < 1.29 is 14.2 Å². The highest BCUT2D eigenvalue weighted by Crippen LogP contribution is 2.35. The summed E-state index contributed by atoms with van der Waals surface area (Å²) < 4.78 is 20.3. The van der Waals surface area contributed by atoms with Crippen LogP contribution in [0.3, 0.4) is 0 Å². The van der Waals surface area contributed by atoms with E-state index >= 15 is 0 Å². The predicted molar refractivity (Wildman–Crippen MR) is 78.8 cm³/mol. The van der Waals surface area contributed by atoms with Gasteiger partial charge in [-0.2, -0.15) is 0 Å². The zero-order chi connectivity index (χ0) is 14.1. The molecule has 4 heteroatoms. The van der Waals surface area contributed by atoms with Gasteiger partial charge in [-0.3, -0.25) is 0 Å². The third kappa shape index (κ3) is 2.07. The number of ether oxygens (including phenoxy) is 1. The van der Waals surface area contributed by atoms with Crippen molar-refractivity contribution in [1.82, 2.24) is 0 Å². The number of benzene rings is 2. The van der Waals surface area contributed by atoms with Crippen LogP contribution < -0.4 is 4.74 Å². The van der Waals surface area contributed by atoms with E-state index in [0.29, 0.717) is 0 Å². The second kappa shape index (κ2) is 5.23. The van der Waals surface area contributed by atoms with Gasteiger partial charge in [-0.25, -0.2) is 4.39 Å². The van der Waals surface area contributed by atoms with Crippen LogP contribution in [0.25, 0.3) is 10.1 Å². The Balaban J connectivity index is 2.11. The number of thiophene rings is 1. The average molecular weight is 288 g/mol. The molecule has 1 aromatic heterocycles. The fourth-order valence-corrected chi connectivity index (χ4v) is 3.25. The summed E-state index contributed by atoms with van der Waals surface area (Å²) in [5.74, 6) is -0.376. The Kier molecular flexibility index (Phi) is 3.42. The molecule has 0 saturated heterocycles. The molecule has 3 rings (SSSR count). The first-order valence-corrected chi connectivity index (χ1v) is 7.07. The summed E-state index contributed by atoms with van der Waals surface area (Å²) >= 11 is 1.54. The highest BCUT2D eigenvalue weighted by molar-refractivity contribution is 7.17. The molecule has 20 heavy (non-hydrogen) atoms. The van der Waals surface area contributed by atoms with Gasteiger partial charge in [0, 0.05) is 15.8 Å². The third-order valence-corrected chi connectivity index (χ3v) is 4.29. The predicted octanol–water partition coefficient (Wildman–Crippen LogP) is 4.13. The fourth-order valence-electron chi connectivity index (χ4n) is 2.27. The van der Waals surface area contributed by atoms with Crippen LogP contribution in [0.1, 0.15) is 17.2 Å². The van der Waals surface area contributed by atoms with E-state index in [0.717, 1.165) is 15.6 Å². The Morgan fingerprint density at radius 3 is 2.70 bits per heavy atom. The second-order valence-electron chi connectivity index (χ2n) is 4.45. The van der Waals surface area contributed by atoms with Crippen LogP contribution in [0.2, 0.25) is 0 Å². The molecule has 0 aliphatic rings. The molecule has 2 aromatic carbocycles. The van der Waals surface area contributed by atoms with E-state index in [1.54, 1.807) is 12.1 Å². The number of hydrogen-bond donors (Lipinski definition) is 1. The molecule has 0 fully saturated rings. The molecule has 0 bridgehead atoms. The molecule has 1 atom stereocenters. The van der Waals surface area contributed by atoms with E-state index in [1.807, 2.05) is 29.6 Å². The third-order valence-electron chi connectivity index (χ3n) is 3.31. The molecule has 102 valence electrons. The first-order valence-electron chi connectivity index (χ1n) is 6.19. The number of fused-ring (bicyclic) bond motifs is 1. The topological polar surface area (TPSA) is 29.5 Å². The molecule has 1 heterocycles. The van der Waals surface area contributed by atoms with Crippen LogP contribution >= 0.6 is 11.3 Å². The van der Waals surface area contributed by atoms with E-state index in [2.05, 4.69) is 0 Å². The summed E-state index contributed by atoms with van der Waals surface area (Å²) in [5.41, 5.74) is 0.950. The molecule has 0 aliphatic carbocycles. The number of halogens is 1. The summed E-state index contributed by atoms with van der Waals surface area (Å²) in [5, 5.41) is 13.3. The maximum Gasteiger partial charge on any atom is 0.171 e. The summed E-state index contributed by atoms with van der Waals surface area (Å²) in [6.45, 7) is 0. The monoisotopic (exact) mass is 288 g/mol. The average Bonchev–Trinajstić information content (AvgIpc) is 2.91. The van der Waals surface area contributed by atoms with Crippen molar-refractivity contribution >= 4 is 21.4 Å². The number of methoxy groups -OCH3 is 1. The standard InChI is InChI=1S/C16H13FO2S/c1-19-13-7-4-6-11(15(13)17)16(18)12-9-20-14-8-3-2-5-10(12)14/h2-9,16,18H,1H3. The van der Waals surface area contributed by atoms with Crippen molar-refractivity contribution in [3.63, 3.8) is 0 Å². The summed E-state index contributed by atoms with van der Waals surface area (Å²) in [6.07, 6.45) is -0.999. The normalized spacial score (nSPS) is 12.6. The van der Waals surface area contributed by atoms with Gasteiger partial charge >= 0.3 is 0 Å². The molecular weight excluding hydrogens is 275 g/mol. The SMILES string of the molecule is COc1cccc(C(O)c2csc3ccccc23)c1F. The van der Waals surface area contributed by atoms with Gasteiger partial charge in [-0.05, 0) is 22.9 Å². The summed E-state index contributed by atoms with van der Waals surface area (Å²) in [6, 6.07) is 12.6. The molecule has 3 aromatic rings. The van der Waals surface area contributed by atoms with Crippen LogP contribution in [0.15, 0.2) is 47.8 Å². The Hall–Kier alpha value is -1.91. The molecule has 1 unspecified atom stereocenters. The van der Waals surface area contributed by atoms with Crippen LogP contribution in [0, 0.1) is 5.82 Å². The van der Waals surface area contributed by atoms with Gasteiger partial charge < -0.3 is 9.84 Å². The van der Waals surface area contributed by atoms with Crippen molar-refractivity contribution in [3.8, 4) is 5.75 Å². The van der Waals surface area contributed by atoms with E-state index in [4.69, 9.17) is 4.74 Å². The molecule has 0 amide bonds. The van der Waals surface area contributed by atoms with Crippen LogP contribution in [0.5, 0.6) is 5.75 Å². The first-order chi connectivity index (χ1) is 9.72. The molecular formula is C16H13FO2S. The summed E-state index contributed by atoms with van der Waals surface area (Å²) in [7, 11) is 1.41.